The van der Waals surface area contributed by atoms with Crippen molar-refractivity contribution in [3.05, 3.63) is 77.1 Å². The van der Waals surface area contributed by atoms with Crippen LogP contribution in [0.2, 0.25) is 0 Å². The second-order valence-corrected chi connectivity index (χ2v) is 9.81. The smallest absolute Gasteiger partial charge is 0.338 e. The quantitative estimate of drug-likeness (QED) is 0.309. The van der Waals surface area contributed by atoms with Gasteiger partial charge in [0.1, 0.15) is 23.1 Å². The van der Waals surface area contributed by atoms with Crippen molar-refractivity contribution in [2.75, 3.05) is 40.5 Å². The molecule has 3 aromatic rings. The fourth-order valence-electron chi connectivity index (χ4n) is 5.02. The molecule has 1 amide bonds. The highest BCUT2D eigenvalue weighted by molar-refractivity contribution is 5.98. The van der Waals surface area contributed by atoms with Gasteiger partial charge in [-0.25, -0.2) is 9.18 Å². The predicted molar refractivity (Wildman–Crippen MR) is 154 cm³/mol. The Morgan fingerprint density at radius 1 is 0.902 bits per heavy atom. The summed E-state index contributed by atoms with van der Waals surface area (Å²) in [6, 6.07) is 15.1. The largest absolute Gasteiger partial charge is 0.497 e. The molecular weight excluding hydrogens is 527 g/mol. The van der Waals surface area contributed by atoms with Gasteiger partial charge < -0.3 is 24.3 Å². The van der Waals surface area contributed by atoms with Crippen molar-refractivity contribution in [2.45, 2.75) is 39.3 Å². The van der Waals surface area contributed by atoms with Gasteiger partial charge in [-0.15, -0.1) is 0 Å². The van der Waals surface area contributed by atoms with Crippen LogP contribution < -0.4 is 19.5 Å². The second kappa shape index (κ2) is 14.0. The third-order valence-electron chi connectivity index (χ3n) is 7.01. The van der Waals surface area contributed by atoms with Gasteiger partial charge in [0.2, 0.25) is 0 Å². The van der Waals surface area contributed by atoms with Gasteiger partial charge >= 0.3 is 5.97 Å². The fraction of sp³-hybridized carbons (Fsp3) is 0.375. The predicted octanol–water partition coefficient (Wildman–Crippen LogP) is 5.48. The number of carbonyl (C=O) groups excluding carboxylic acids is 2. The van der Waals surface area contributed by atoms with Crippen LogP contribution >= 0.6 is 0 Å². The van der Waals surface area contributed by atoms with Crippen molar-refractivity contribution < 1.29 is 32.9 Å². The van der Waals surface area contributed by atoms with Crippen LogP contribution in [0.25, 0.3) is 11.1 Å². The Bertz CT molecular complexity index is 1330. The van der Waals surface area contributed by atoms with Gasteiger partial charge in [0.25, 0.3) is 5.91 Å². The first-order chi connectivity index (χ1) is 19.8. The summed E-state index contributed by atoms with van der Waals surface area (Å²) in [6.07, 6.45) is 1.56. The SMILES string of the molecule is CCOc1cc(CN2CCC(NC(=O)c3cc(OC)cc(C(=O)OC)c3)CC2)cc(OCC)c1-c1ccc(F)cc1. The van der Waals surface area contributed by atoms with Gasteiger partial charge in [-0.2, -0.15) is 0 Å². The number of amides is 1. The number of benzene rings is 3. The summed E-state index contributed by atoms with van der Waals surface area (Å²) in [4.78, 5) is 27.3. The maximum Gasteiger partial charge on any atom is 0.338 e. The Hall–Kier alpha value is -4.11. The number of piperidine rings is 1. The Morgan fingerprint density at radius 2 is 1.51 bits per heavy atom. The van der Waals surface area contributed by atoms with E-state index < -0.39 is 5.97 Å². The van der Waals surface area contributed by atoms with E-state index in [1.54, 1.807) is 24.3 Å². The van der Waals surface area contributed by atoms with E-state index in [0.717, 1.165) is 42.6 Å². The third-order valence-corrected chi connectivity index (χ3v) is 7.01. The Labute approximate surface area is 240 Å². The molecule has 4 rings (SSSR count). The summed E-state index contributed by atoms with van der Waals surface area (Å²) in [5.74, 6) is 0.730. The van der Waals surface area contributed by atoms with Crippen LogP contribution in [-0.4, -0.2) is 63.3 Å². The Kier molecular flexibility index (Phi) is 10.2. The first kappa shape index (κ1) is 29.9. The number of likely N-dealkylation sites (tertiary alicyclic amines) is 1. The summed E-state index contributed by atoms with van der Waals surface area (Å²) in [6.45, 7) is 7.13. The van der Waals surface area contributed by atoms with E-state index in [0.29, 0.717) is 42.6 Å². The number of esters is 1. The molecule has 1 aliphatic rings. The minimum atomic E-state index is -0.531. The first-order valence-electron chi connectivity index (χ1n) is 13.8. The van der Waals surface area contributed by atoms with Gasteiger partial charge in [0.15, 0.2) is 0 Å². The van der Waals surface area contributed by atoms with Gasteiger partial charge in [0.05, 0.1) is 38.6 Å². The molecule has 0 unspecified atom stereocenters. The zero-order valence-electron chi connectivity index (χ0n) is 24.0. The van der Waals surface area contributed by atoms with Gasteiger partial charge in [-0.1, -0.05) is 12.1 Å². The van der Waals surface area contributed by atoms with Crippen molar-refractivity contribution in [1.82, 2.24) is 10.2 Å². The molecule has 8 nitrogen and oxygen atoms in total. The number of hydrogen-bond acceptors (Lipinski definition) is 7. The molecule has 0 atom stereocenters. The van der Waals surface area contributed by atoms with Crippen LogP contribution in [0.4, 0.5) is 4.39 Å². The molecule has 1 N–H and O–H groups in total. The van der Waals surface area contributed by atoms with Crippen molar-refractivity contribution in [1.29, 1.82) is 0 Å². The topological polar surface area (TPSA) is 86.3 Å². The standard InChI is InChI=1S/C32H37FN2O6/c1-5-40-28-15-21(16-29(41-6-2)30(28)22-7-9-25(33)10-8-22)20-35-13-11-26(12-14-35)34-31(36)23-17-24(32(37)39-4)19-27(18-23)38-3/h7-10,15-19,26H,5-6,11-14,20H2,1-4H3,(H,34,36). The normalized spacial score (nSPS) is 13.9. The van der Waals surface area contributed by atoms with Crippen LogP contribution in [0.1, 0.15) is 53.0 Å². The summed E-state index contributed by atoms with van der Waals surface area (Å²) in [7, 11) is 2.78. The lowest BCUT2D eigenvalue weighted by Crippen LogP contribution is -2.44. The first-order valence-corrected chi connectivity index (χ1v) is 13.8. The fourth-order valence-corrected chi connectivity index (χ4v) is 5.02. The van der Waals surface area contributed by atoms with E-state index in [2.05, 4.69) is 10.2 Å². The number of methoxy groups -OCH3 is 2. The number of nitrogens with zero attached hydrogens (tertiary/aromatic N) is 1. The van der Waals surface area contributed by atoms with Crippen molar-refractivity contribution in [3.63, 3.8) is 0 Å². The number of rotatable bonds is 11. The van der Waals surface area contributed by atoms with Crippen LogP contribution in [-0.2, 0) is 11.3 Å². The van der Waals surface area contributed by atoms with Crippen molar-refractivity contribution >= 4 is 11.9 Å². The molecule has 0 aliphatic carbocycles. The minimum Gasteiger partial charge on any atom is -0.497 e. The molecule has 9 heteroatoms. The van der Waals surface area contributed by atoms with Crippen LogP contribution in [0.3, 0.4) is 0 Å². The molecule has 3 aromatic carbocycles. The molecule has 0 radical (unpaired) electrons. The summed E-state index contributed by atoms with van der Waals surface area (Å²) >= 11 is 0. The second-order valence-electron chi connectivity index (χ2n) is 9.81. The average molecular weight is 565 g/mol. The summed E-state index contributed by atoms with van der Waals surface area (Å²) in [5.41, 5.74) is 3.30. The van der Waals surface area contributed by atoms with Gasteiger partial charge in [0, 0.05) is 31.2 Å². The zero-order chi connectivity index (χ0) is 29.4. The number of halogens is 1. The highest BCUT2D eigenvalue weighted by atomic mass is 19.1. The van der Waals surface area contributed by atoms with Crippen molar-refractivity contribution in [2.24, 2.45) is 0 Å². The molecule has 1 fully saturated rings. The molecule has 0 spiro atoms. The highest BCUT2D eigenvalue weighted by Gasteiger charge is 2.24. The average Bonchev–Trinajstić information content (AvgIpc) is 2.98. The zero-order valence-corrected chi connectivity index (χ0v) is 24.0. The monoisotopic (exact) mass is 564 g/mol. The maximum absolute atomic E-state index is 13.6. The molecule has 1 heterocycles. The van der Waals surface area contributed by atoms with E-state index in [1.165, 1.54) is 32.4 Å². The lowest BCUT2D eigenvalue weighted by atomic mass is 9.99. The maximum atomic E-state index is 13.6. The van der Waals surface area contributed by atoms with E-state index >= 15 is 0 Å². The molecule has 1 saturated heterocycles. The van der Waals surface area contributed by atoms with E-state index in [1.807, 2.05) is 26.0 Å². The number of ether oxygens (including phenoxy) is 4. The number of hydrogen-bond donors (Lipinski definition) is 1. The summed E-state index contributed by atoms with van der Waals surface area (Å²) in [5, 5.41) is 3.10. The minimum absolute atomic E-state index is 0.00495. The van der Waals surface area contributed by atoms with Gasteiger partial charge in [-0.3, -0.25) is 9.69 Å². The molecule has 218 valence electrons. The van der Waals surface area contributed by atoms with E-state index in [-0.39, 0.29) is 23.3 Å². The molecule has 1 aliphatic heterocycles. The van der Waals surface area contributed by atoms with E-state index in [4.69, 9.17) is 18.9 Å². The third kappa shape index (κ3) is 7.55. The van der Waals surface area contributed by atoms with Gasteiger partial charge in [-0.05, 0) is 80.3 Å². The van der Waals surface area contributed by atoms with Crippen LogP contribution in [0.15, 0.2) is 54.6 Å². The molecule has 0 bridgehead atoms. The lowest BCUT2D eigenvalue weighted by Gasteiger charge is -2.32. The Balaban J connectivity index is 1.43. The van der Waals surface area contributed by atoms with Crippen LogP contribution in [0.5, 0.6) is 17.2 Å². The Morgan fingerprint density at radius 3 is 2.07 bits per heavy atom. The van der Waals surface area contributed by atoms with Crippen LogP contribution in [0, 0.1) is 5.82 Å². The highest BCUT2D eigenvalue weighted by Crippen LogP contribution is 2.40. The molecule has 41 heavy (non-hydrogen) atoms. The lowest BCUT2D eigenvalue weighted by molar-refractivity contribution is 0.0600. The van der Waals surface area contributed by atoms with E-state index in [9.17, 15) is 14.0 Å². The molecule has 0 saturated carbocycles. The molecular formula is C32H37FN2O6. The van der Waals surface area contributed by atoms with Crippen molar-refractivity contribution in [3.8, 4) is 28.4 Å². The summed E-state index contributed by atoms with van der Waals surface area (Å²) < 4.78 is 35.7. The number of carbonyl (C=O) groups is 2. The number of nitrogens with one attached hydrogen (secondary N) is 1. The molecule has 0 aromatic heterocycles.